The van der Waals surface area contributed by atoms with E-state index < -0.39 is 42.6 Å². The Kier molecular flexibility index (Phi) is 15.3. The van der Waals surface area contributed by atoms with Crippen LogP contribution < -0.4 is 0 Å². The quantitative estimate of drug-likeness (QED) is 0.181. The van der Waals surface area contributed by atoms with Gasteiger partial charge in [-0.1, -0.05) is 26.7 Å². The summed E-state index contributed by atoms with van der Waals surface area (Å²) in [6, 6.07) is 0.460. The van der Waals surface area contributed by atoms with E-state index in [2.05, 4.69) is 23.0 Å². The van der Waals surface area contributed by atoms with Crippen molar-refractivity contribution in [1.82, 2.24) is 9.13 Å². The van der Waals surface area contributed by atoms with E-state index in [0.717, 1.165) is 64.5 Å². The largest absolute Gasteiger partial charge is 0.427 e. The van der Waals surface area contributed by atoms with E-state index in [1.165, 1.54) is 28.4 Å². The zero-order chi connectivity index (χ0) is 29.0. The molecule has 2 rings (SSSR count). The van der Waals surface area contributed by atoms with Crippen LogP contribution in [0.2, 0.25) is 12.1 Å². The Morgan fingerprint density at radius 1 is 0.605 bits per heavy atom. The van der Waals surface area contributed by atoms with E-state index >= 15 is 0 Å². The molecular weight excluding hydrogens is 550 g/mol. The van der Waals surface area contributed by atoms with Crippen molar-refractivity contribution in [3.05, 3.63) is 0 Å². The molecule has 0 N–H and O–H groups in total. The first-order chi connectivity index (χ1) is 17.8. The topological polar surface area (TPSA) is 43.4 Å². The third-order valence-corrected chi connectivity index (χ3v) is 15.0. The Hall–Kier alpha value is -0.226. The van der Waals surface area contributed by atoms with Gasteiger partial charge < -0.3 is 17.7 Å². The number of alkyl halides is 6. The maximum atomic E-state index is 12.5. The van der Waals surface area contributed by atoms with Crippen molar-refractivity contribution in [3.8, 4) is 0 Å². The van der Waals surface area contributed by atoms with Gasteiger partial charge in [-0.3, -0.25) is 9.13 Å². The Morgan fingerprint density at radius 2 is 0.921 bits per heavy atom. The molecule has 0 bridgehead atoms. The van der Waals surface area contributed by atoms with Crippen molar-refractivity contribution in [2.75, 3.05) is 41.5 Å². The summed E-state index contributed by atoms with van der Waals surface area (Å²) >= 11 is 0. The fraction of sp³-hybridized carbons (Fsp3) is 1.00. The standard InChI is InChI=1S/2C12H24F3NO2Si/c2*1-4-11-7-5-6-9-16(11)19(17-2,18-3)10-8-12(13,14)15/h2*11H,4-10H2,1-3H3. The van der Waals surface area contributed by atoms with Crippen molar-refractivity contribution in [1.29, 1.82) is 0 Å². The smallest absolute Gasteiger partial charge is 0.386 e. The van der Waals surface area contributed by atoms with Gasteiger partial charge in [0.1, 0.15) is 0 Å². The van der Waals surface area contributed by atoms with Gasteiger partial charge in [-0.2, -0.15) is 26.3 Å². The number of hydrogen-bond acceptors (Lipinski definition) is 6. The Morgan fingerprint density at radius 3 is 1.16 bits per heavy atom. The van der Waals surface area contributed by atoms with Crippen molar-refractivity contribution >= 4 is 17.4 Å². The second-order valence-corrected chi connectivity index (χ2v) is 16.6. The molecule has 2 fully saturated rings. The van der Waals surface area contributed by atoms with Crippen LogP contribution in [0.25, 0.3) is 0 Å². The Labute approximate surface area is 227 Å². The van der Waals surface area contributed by atoms with Crippen LogP contribution in [0.4, 0.5) is 26.3 Å². The predicted molar refractivity (Wildman–Crippen MR) is 140 cm³/mol. The van der Waals surface area contributed by atoms with Gasteiger partial charge >= 0.3 is 29.8 Å². The zero-order valence-electron chi connectivity index (χ0n) is 23.8. The summed E-state index contributed by atoms with van der Waals surface area (Å²) in [5, 5.41) is 0. The summed E-state index contributed by atoms with van der Waals surface area (Å²) < 4.78 is 101. The molecule has 2 unspecified atom stereocenters. The number of piperidine rings is 2. The van der Waals surface area contributed by atoms with Gasteiger partial charge in [0, 0.05) is 65.5 Å². The lowest BCUT2D eigenvalue weighted by atomic mass is 10.0. The van der Waals surface area contributed by atoms with Gasteiger partial charge in [-0.05, 0) is 51.6 Å². The molecule has 2 heterocycles. The van der Waals surface area contributed by atoms with E-state index in [4.69, 9.17) is 17.7 Å². The molecule has 2 aliphatic rings. The van der Waals surface area contributed by atoms with Crippen LogP contribution >= 0.6 is 0 Å². The van der Waals surface area contributed by atoms with Gasteiger partial charge in [-0.25, -0.2) is 0 Å². The van der Waals surface area contributed by atoms with Crippen LogP contribution in [-0.4, -0.2) is 92.5 Å². The highest BCUT2D eigenvalue weighted by atomic mass is 28.4. The summed E-state index contributed by atoms with van der Waals surface area (Å²) in [7, 11) is 0.0721. The van der Waals surface area contributed by atoms with E-state index in [-0.39, 0.29) is 24.2 Å². The minimum atomic E-state index is -4.16. The molecule has 0 spiro atoms. The lowest BCUT2D eigenvalue weighted by molar-refractivity contribution is -0.133. The monoisotopic (exact) mass is 598 g/mol. The number of nitrogens with zero attached hydrogens (tertiary/aromatic N) is 2. The van der Waals surface area contributed by atoms with E-state index in [0.29, 0.717) is 0 Å². The predicted octanol–water partition coefficient (Wildman–Crippen LogP) is 6.87. The molecule has 0 aromatic carbocycles. The molecule has 2 aliphatic heterocycles. The SMILES string of the molecule is CCC1CCCCN1[Si](CCC(F)(F)F)(OC)OC.CCC1CCCCN1[Si](CCC(F)(F)F)(OC)OC. The average molecular weight is 599 g/mol. The second-order valence-electron chi connectivity index (χ2n) is 9.97. The number of hydrogen-bond donors (Lipinski definition) is 0. The highest BCUT2D eigenvalue weighted by molar-refractivity contribution is 6.65. The molecule has 38 heavy (non-hydrogen) atoms. The molecule has 14 heteroatoms. The Balaban J connectivity index is 0.000000380. The highest BCUT2D eigenvalue weighted by Gasteiger charge is 2.50. The third-order valence-electron chi connectivity index (χ3n) is 7.80. The molecule has 228 valence electrons. The summed E-state index contributed by atoms with van der Waals surface area (Å²) in [5.41, 5.74) is 0. The van der Waals surface area contributed by atoms with Crippen molar-refractivity contribution < 1.29 is 44.0 Å². The fourth-order valence-electron chi connectivity index (χ4n) is 5.68. The van der Waals surface area contributed by atoms with E-state index in [1.807, 2.05) is 0 Å². The van der Waals surface area contributed by atoms with E-state index in [1.54, 1.807) is 0 Å². The van der Waals surface area contributed by atoms with Crippen LogP contribution in [0.1, 0.15) is 78.1 Å². The highest BCUT2D eigenvalue weighted by Crippen LogP contribution is 2.34. The van der Waals surface area contributed by atoms with Crippen molar-refractivity contribution in [2.45, 2.75) is 115 Å². The van der Waals surface area contributed by atoms with Crippen molar-refractivity contribution in [3.63, 3.8) is 0 Å². The maximum Gasteiger partial charge on any atom is 0.427 e. The zero-order valence-corrected chi connectivity index (χ0v) is 25.8. The van der Waals surface area contributed by atoms with Crippen molar-refractivity contribution in [2.24, 2.45) is 0 Å². The first kappa shape index (κ1) is 35.8. The first-order valence-corrected chi connectivity index (χ1v) is 17.6. The van der Waals surface area contributed by atoms with Gasteiger partial charge in [-0.15, -0.1) is 0 Å². The van der Waals surface area contributed by atoms with Gasteiger partial charge in [0.25, 0.3) is 0 Å². The van der Waals surface area contributed by atoms with Crippen LogP contribution in [-0.2, 0) is 17.7 Å². The molecule has 0 radical (unpaired) electrons. The molecule has 0 saturated carbocycles. The molecule has 0 aromatic heterocycles. The maximum absolute atomic E-state index is 12.5. The van der Waals surface area contributed by atoms with Crippen LogP contribution in [0.3, 0.4) is 0 Å². The second kappa shape index (κ2) is 16.3. The molecule has 6 nitrogen and oxygen atoms in total. The summed E-state index contributed by atoms with van der Waals surface area (Å²) in [6.45, 7) is 5.70. The minimum absolute atomic E-state index is 0.0556. The molecule has 2 atom stereocenters. The average Bonchev–Trinajstić information content (AvgIpc) is 2.90. The van der Waals surface area contributed by atoms with Gasteiger partial charge in [0.2, 0.25) is 0 Å². The molecule has 0 amide bonds. The molecule has 2 saturated heterocycles. The Bertz CT molecular complexity index is 598. The van der Waals surface area contributed by atoms with E-state index in [9.17, 15) is 26.3 Å². The molecular formula is C24H48F6N2O4Si2. The first-order valence-electron chi connectivity index (χ1n) is 13.6. The van der Waals surface area contributed by atoms with Crippen LogP contribution in [0.15, 0.2) is 0 Å². The van der Waals surface area contributed by atoms with Gasteiger partial charge in [0.05, 0.1) is 0 Å². The molecule has 0 aromatic rings. The third kappa shape index (κ3) is 10.6. The van der Waals surface area contributed by atoms with Gasteiger partial charge in [0.15, 0.2) is 0 Å². The summed E-state index contributed by atoms with van der Waals surface area (Å²) in [5.74, 6) is 0. The van der Waals surface area contributed by atoms with Crippen LogP contribution in [0.5, 0.6) is 0 Å². The fourth-order valence-corrected chi connectivity index (χ4v) is 12.3. The molecule has 0 aliphatic carbocycles. The lowest BCUT2D eigenvalue weighted by Gasteiger charge is -2.45. The lowest BCUT2D eigenvalue weighted by Crippen LogP contribution is -2.62. The summed E-state index contributed by atoms with van der Waals surface area (Å²) in [4.78, 5) is 0. The van der Waals surface area contributed by atoms with Crippen LogP contribution in [0, 0.1) is 0 Å². The normalized spacial score (nSPS) is 22.7. The number of rotatable bonds is 12. The summed E-state index contributed by atoms with van der Waals surface area (Å²) in [6.07, 6.45) is -1.84. The minimum Gasteiger partial charge on any atom is -0.386 e. The number of halogens is 6.